The number of ether oxygens (including phenoxy) is 1. The molecule has 19 heavy (non-hydrogen) atoms. The molecule has 0 bridgehead atoms. The zero-order valence-corrected chi connectivity index (χ0v) is 12.4. The lowest BCUT2D eigenvalue weighted by atomic mass is 10.0. The summed E-state index contributed by atoms with van der Waals surface area (Å²) in [5.41, 5.74) is 6.91. The van der Waals surface area contributed by atoms with Crippen molar-refractivity contribution in [2.24, 2.45) is 11.7 Å². The van der Waals surface area contributed by atoms with Crippen molar-refractivity contribution in [2.45, 2.75) is 32.9 Å². The molecule has 2 N–H and O–H groups in total. The van der Waals surface area contributed by atoms with Gasteiger partial charge >= 0.3 is 0 Å². The Labute approximate surface area is 115 Å². The molecule has 1 aromatic carbocycles. The zero-order valence-electron chi connectivity index (χ0n) is 12.4. The Morgan fingerprint density at radius 3 is 2.37 bits per heavy atom. The number of amides is 1. The highest BCUT2D eigenvalue weighted by molar-refractivity contribution is 5.82. The Kier molecular flexibility index (Phi) is 5.36. The third-order valence-corrected chi connectivity index (χ3v) is 3.52. The van der Waals surface area contributed by atoms with E-state index < -0.39 is 6.04 Å². The second-order valence-corrected chi connectivity index (χ2v) is 5.14. The highest BCUT2D eigenvalue weighted by Gasteiger charge is 2.26. The smallest absolute Gasteiger partial charge is 0.239 e. The summed E-state index contributed by atoms with van der Waals surface area (Å²) in [4.78, 5) is 13.9. The number of carbonyl (C=O) groups is 1. The van der Waals surface area contributed by atoms with Crippen LogP contribution in [0, 0.1) is 5.92 Å². The lowest BCUT2D eigenvalue weighted by Crippen LogP contribution is -2.45. The molecular weight excluding hydrogens is 240 g/mol. The number of hydrogen-bond donors (Lipinski definition) is 1. The molecule has 1 unspecified atom stereocenters. The van der Waals surface area contributed by atoms with Gasteiger partial charge < -0.3 is 15.4 Å². The van der Waals surface area contributed by atoms with Crippen LogP contribution in [-0.2, 0) is 4.79 Å². The van der Waals surface area contributed by atoms with Gasteiger partial charge in [0.1, 0.15) is 5.75 Å². The van der Waals surface area contributed by atoms with Gasteiger partial charge in [-0.15, -0.1) is 0 Å². The average molecular weight is 264 g/mol. The second-order valence-electron chi connectivity index (χ2n) is 5.14. The quantitative estimate of drug-likeness (QED) is 0.887. The van der Waals surface area contributed by atoms with Crippen LogP contribution in [0.15, 0.2) is 24.3 Å². The van der Waals surface area contributed by atoms with E-state index in [9.17, 15) is 4.79 Å². The minimum absolute atomic E-state index is 0.0478. The van der Waals surface area contributed by atoms with Crippen LogP contribution in [0.25, 0.3) is 0 Å². The molecule has 0 fully saturated rings. The molecule has 0 aliphatic rings. The van der Waals surface area contributed by atoms with Crippen molar-refractivity contribution in [2.75, 3.05) is 14.2 Å². The fourth-order valence-electron chi connectivity index (χ4n) is 1.93. The Morgan fingerprint density at radius 2 is 1.84 bits per heavy atom. The first-order chi connectivity index (χ1) is 8.90. The van der Waals surface area contributed by atoms with Crippen molar-refractivity contribution in [1.82, 2.24) is 4.90 Å². The zero-order chi connectivity index (χ0) is 14.6. The minimum atomic E-state index is -0.470. The lowest BCUT2D eigenvalue weighted by Gasteiger charge is -2.30. The van der Waals surface area contributed by atoms with E-state index in [2.05, 4.69) is 0 Å². The van der Waals surface area contributed by atoms with Crippen LogP contribution >= 0.6 is 0 Å². The van der Waals surface area contributed by atoms with Crippen LogP contribution in [0.3, 0.4) is 0 Å². The van der Waals surface area contributed by atoms with Gasteiger partial charge in [-0.2, -0.15) is 0 Å². The summed E-state index contributed by atoms with van der Waals surface area (Å²) in [5.74, 6) is 0.862. The van der Waals surface area contributed by atoms with Crippen LogP contribution < -0.4 is 10.5 Å². The molecule has 0 aliphatic carbocycles. The number of methoxy groups -OCH3 is 1. The first kappa shape index (κ1) is 15.5. The summed E-state index contributed by atoms with van der Waals surface area (Å²) >= 11 is 0. The van der Waals surface area contributed by atoms with Gasteiger partial charge in [0.05, 0.1) is 19.2 Å². The van der Waals surface area contributed by atoms with Crippen LogP contribution in [0.4, 0.5) is 0 Å². The van der Waals surface area contributed by atoms with E-state index in [-0.39, 0.29) is 17.9 Å². The van der Waals surface area contributed by atoms with Gasteiger partial charge in [-0.3, -0.25) is 4.79 Å². The maximum absolute atomic E-state index is 12.3. The number of nitrogens with zero attached hydrogens (tertiary/aromatic N) is 1. The maximum Gasteiger partial charge on any atom is 0.239 e. The van der Waals surface area contributed by atoms with Gasteiger partial charge in [0.15, 0.2) is 0 Å². The molecule has 4 heteroatoms. The second kappa shape index (κ2) is 6.57. The molecule has 0 aliphatic heterocycles. The Bertz CT molecular complexity index is 432. The molecule has 0 spiro atoms. The summed E-state index contributed by atoms with van der Waals surface area (Å²) in [7, 11) is 3.41. The predicted octanol–water partition coefficient (Wildman–Crippen LogP) is 2.20. The first-order valence-corrected chi connectivity index (χ1v) is 6.55. The van der Waals surface area contributed by atoms with Crippen molar-refractivity contribution in [1.29, 1.82) is 0 Å². The number of nitrogens with two attached hydrogens (primary N) is 1. The summed E-state index contributed by atoms with van der Waals surface area (Å²) in [6.45, 7) is 5.87. The van der Waals surface area contributed by atoms with Gasteiger partial charge in [-0.05, 0) is 18.9 Å². The molecule has 0 radical (unpaired) electrons. The van der Waals surface area contributed by atoms with Gasteiger partial charge in [0, 0.05) is 12.6 Å². The summed E-state index contributed by atoms with van der Waals surface area (Å²) in [6, 6.07) is 7.17. The van der Waals surface area contributed by atoms with Crippen molar-refractivity contribution in [3.8, 4) is 5.75 Å². The molecule has 0 saturated carbocycles. The largest absolute Gasteiger partial charge is 0.496 e. The molecule has 0 saturated heterocycles. The van der Waals surface area contributed by atoms with Gasteiger partial charge in [-0.25, -0.2) is 0 Å². The van der Waals surface area contributed by atoms with E-state index in [1.54, 1.807) is 19.1 Å². The number of rotatable bonds is 5. The van der Waals surface area contributed by atoms with Crippen molar-refractivity contribution in [3.63, 3.8) is 0 Å². The molecular formula is C15H24N2O2. The third kappa shape index (κ3) is 3.47. The van der Waals surface area contributed by atoms with Crippen molar-refractivity contribution in [3.05, 3.63) is 29.8 Å². The van der Waals surface area contributed by atoms with Crippen LogP contribution in [-0.4, -0.2) is 31.0 Å². The summed E-state index contributed by atoms with van der Waals surface area (Å²) in [5, 5.41) is 0. The van der Waals surface area contributed by atoms with E-state index >= 15 is 0 Å². The number of likely N-dealkylation sites (N-methyl/N-ethyl adjacent to an activating group) is 1. The van der Waals surface area contributed by atoms with Gasteiger partial charge in [0.2, 0.25) is 5.91 Å². The fourth-order valence-corrected chi connectivity index (χ4v) is 1.93. The normalized spacial score (nSPS) is 14.1. The average Bonchev–Trinajstić information content (AvgIpc) is 2.43. The summed E-state index contributed by atoms with van der Waals surface area (Å²) in [6.07, 6.45) is 0. The maximum atomic E-state index is 12.3. The van der Waals surface area contributed by atoms with Crippen LogP contribution in [0.5, 0.6) is 5.75 Å². The van der Waals surface area contributed by atoms with Crippen molar-refractivity contribution >= 4 is 5.91 Å². The standard InChI is InChI=1S/C15H24N2O2/c1-10(2)14(16)15(18)17(4)11(3)12-8-6-7-9-13(12)19-5/h6-11,14H,16H2,1-5H3/t11?,14-/m1/s1. The number of hydrogen-bond acceptors (Lipinski definition) is 3. The van der Waals surface area contributed by atoms with Crippen LogP contribution in [0.1, 0.15) is 32.4 Å². The highest BCUT2D eigenvalue weighted by atomic mass is 16.5. The SMILES string of the molecule is COc1ccccc1C(C)N(C)C(=O)[C@H](N)C(C)C. The molecule has 1 rings (SSSR count). The van der Waals surface area contributed by atoms with E-state index in [0.717, 1.165) is 11.3 Å². The number of benzene rings is 1. The Hall–Kier alpha value is -1.55. The fraction of sp³-hybridized carbons (Fsp3) is 0.533. The monoisotopic (exact) mass is 264 g/mol. The Morgan fingerprint density at radius 1 is 1.26 bits per heavy atom. The first-order valence-electron chi connectivity index (χ1n) is 6.55. The summed E-state index contributed by atoms with van der Waals surface area (Å²) < 4.78 is 5.34. The van der Waals surface area contributed by atoms with E-state index in [0.29, 0.717) is 0 Å². The molecule has 2 atom stereocenters. The Balaban J connectivity index is 2.93. The predicted molar refractivity (Wildman–Crippen MR) is 77.0 cm³/mol. The van der Waals surface area contributed by atoms with Gasteiger partial charge in [0.25, 0.3) is 0 Å². The number of para-hydroxylation sites is 1. The molecule has 1 aromatic rings. The topological polar surface area (TPSA) is 55.6 Å². The van der Waals surface area contributed by atoms with Crippen LogP contribution in [0.2, 0.25) is 0 Å². The minimum Gasteiger partial charge on any atom is -0.496 e. The molecule has 0 heterocycles. The molecule has 4 nitrogen and oxygen atoms in total. The number of carbonyl (C=O) groups excluding carboxylic acids is 1. The van der Waals surface area contributed by atoms with Crippen molar-refractivity contribution < 1.29 is 9.53 Å². The molecule has 106 valence electrons. The van der Waals surface area contributed by atoms with E-state index in [4.69, 9.17) is 10.5 Å². The lowest BCUT2D eigenvalue weighted by molar-refractivity contribution is -0.134. The molecule has 0 aromatic heterocycles. The van der Waals surface area contributed by atoms with Gasteiger partial charge in [-0.1, -0.05) is 32.0 Å². The third-order valence-electron chi connectivity index (χ3n) is 3.52. The molecule has 1 amide bonds. The highest BCUT2D eigenvalue weighted by Crippen LogP contribution is 2.28. The van der Waals surface area contributed by atoms with E-state index in [1.807, 2.05) is 45.0 Å². The van der Waals surface area contributed by atoms with E-state index in [1.165, 1.54) is 0 Å².